The summed E-state index contributed by atoms with van der Waals surface area (Å²) in [5.41, 5.74) is 0.894. The second kappa shape index (κ2) is 7.11. The summed E-state index contributed by atoms with van der Waals surface area (Å²) in [5, 5.41) is 4.82. The summed E-state index contributed by atoms with van der Waals surface area (Å²) in [4.78, 5) is 4.48. The maximum Gasteiger partial charge on any atom is 0.130 e. The summed E-state index contributed by atoms with van der Waals surface area (Å²) in [5.74, 6) is 0.941. The van der Waals surface area contributed by atoms with Crippen molar-refractivity contribution in [2.45, 2.75) is 32.9 Å². The van der Waals surface area contributed by atoms with Gasteiger partial charge in [0.15, 0.2) is 0 Å². The van der Waals surface area contributed by atoms with E-state index in [1.165, 1.54) is 0 Å². The van der Waals surface area contributed by atoms with Gasteiger partial charge in [0, 0.05) is 34.5 Å². The fourth-order valence-corrected chi connectivity index (χ4v) is 2.86. The molecule has 0 spiro atoms. The molecule has 108 valence electrons. The third-order valence-electron chi connectivity index (χ3n) is 3.23. The Morgan fingerprint density at radius 3 is 2.55 bits per heavy atom. The fourth-order valence-electron chi connectivity index (χ4n) is 2.25. The summed E-state index contributed by atoms with van der Waals surface area (Å²) in [6, 6.07) is 5.49. The van der Waals surface area contributed by atoms with E-state index in [0.717, 1.165) is 30.9 Å². The fraction of sp³-hybridized carbons (Fsp3) is 0.400. The van der Waals surface area contributed by atoms with E-state index in [-0.39, 0.29) is 6.04 Å². The van der Waals surface area contributed by atoms with E-state index in [2.05, 4.69) is 28.7 Å². The number of aryl methyl sites for hydroxylation is 1. The summed E-state index contributed by atoms with van der Waals surface area (Å²) < 4.78 is 2.10. The van der Waals surface area contributed by atoms with Crippen molar-refractivity contribution in [3.05, 3.63) is 52.0 Å². The zero-order valence-electron chi connectivity index (χ0n) is 11.7. The van der Waals surface area contributed by atoms with Crippen LogP contribution >= 0.6 is 23.2 Å². The van der Waals surface area contributed by atoms with E-state index in [0.29, 0.717) is 10.0 Å². The number of halogens is 2. The molecule has 3 nitrogen and oxygen atoms in total. The lowest BCUT2D eigenvalue weighted by Gasteiger charge is -2.21. The van der Waals surface area contributed by atoms with Crippen LogP contribution in [0.4, 0.5) is 0 Å². The lowest BCUT2D eigenvalue weighted by Crippen LogP contribution is -2.26. The molecule has 2 rings (SSSR count). The van der Waals surface area contributed by atoms with Gasteiger partial charge < -0.3 is 9.88 Å². The molecule has 1 aromatic carbocycles. The van der Waals surface area contributed by atoms with Crippen LogP contribution in [0.2, 0.25) is 10.0 Å². The molecule has 1 heterocycles. The van der Waals surface area contributed by atoms with Crippen molar-refractivity contribution in [3.63, 3.8) is 0 Å². The lowest BCUT2D eigenvalue weighted by molar-refractivity contribution is 0.542. The lowest BCUT2D eigenvalue weighted by atomic mass is 10.1. The van der Waals surface area contributed by atoms with Crippen molar-refractivity contribution >= 4 is 23.2 Å². The number of nitrogens with zero attached hydrogens (tertiary/aromatic N) is 2. The maximum absolute atomic E-state index is 6.35. The van der Waals surface area contributed by atoms with Gasteiger partial charge in [0.25, 0.3) is 0 Å². The molecule has 0 saturated carbocycles. The van der Waals surface area contributed by atoms with Crippen molar-refractivity contribution in [2.75, 3.05) is 6.54 Å². The first-order chi connectivity index (χ1) is 9.69. The SMILES string of the molecule is CCCNC(c1c(Cl)cccc1Cl)c1nccn1CC. The highest BCUT2D eigenvalue weighted by Crippen LogP contribution is 2.33. The van der Waals surface area contributed by atoms with Crippen molar-refractivity contribution in [1.82, 2.24) is 14.9 Å². The minimum atomic E-state index is -0.0916. The molecule has 1 aromatic heterocycles. The summed E-state index contributed by atoms with van der Waals surface area (Å²) in [6.45, 7) is 5.96. The predicted molar refractivity (Wildman–Crippen MR) is 84.5 cm³/mol. The smallest absolute Gasteiger partial charge is 0.130 e. The van der Waals surface area contributed by atoms with Crippen LogP contribution in [0.15, 0.2) is 30.6 Å². The molecular weight excluding hydrogens is 293 g/mol. The second-order valence-electron chi connectivity index (χ2n) is 4.59. The molecule has 1 N–H and O–H groups in total. The topological polar surface area (TPSA) is 29.9 Å². The van der Waals surface area contributed by atoms with Gasteiger partial charge in [0.05, 0.1) is 6.04 Å². The summed E-state index contributed by atoms with van der Waals surface area (Å²) in [7, 11) is 0. The van der Waals surface area contributed by atoms with Gasteiger partial charge in [0.1, 0.15) is 5.82 Å². The van der Waals surface area contributed by atoms with Crippen LogP contribution < -0.4 is 5.32 Å². The van der Waals surface area contributed by atoms with E-state index in [1.54, 1.807) is 0 Å². The zero-order chi connectivity index (χ0) is 14.5. The largest absolute Gasteiger partial charge is 0.334 e. The van der Waals surface area contributed by atoms with Crippen LogP contribution in [0.3, 0.4) is 0 Å². The van der Waals surface area contributed by atoms with E-state index < -0.39 is 0 Å². The number of benzene rings is 1. The number of hydrogen-bond acceptors (Lipinski definition) is 2. The van der Waals surface area contributed by atoms with Crippen LogP contribution in [-0.4, -0.2) is 16.1 Å². The van der Waals surface area contributed by atoms with Crippen LogP contribution in [0.1, 0.15) is 37.7 Å². The van der Waals surface area contributed by atoms with E-state index in [1.807, 2.05) is 30.6 Å². The van der Waals surface area contributed by atoms with Crippen LogP contribution in [0.5, 0.6) is 0 Å². The minimum absolute atomic E-state index is 0.0916. The van der Waals surface area contributed by atoms with Gasteiger partial charge in [-0.05, 0) is 32.0 Å². The molecule has 0 fully saturated rings. The highest BCUT2D eigenvalue weighted by molar-refractivity contribution is 6.36. The maximum atomic E-state index is 6.35. The Kier molecular flexibility index (Phi) is 5.46. The molecule has 5 heteroatoms. The Balaban J connectivity index is 2.47. The predicted octanol–water partition coefficient (Wildman–Crippen LogP) is 4.30. The third kappa shape index (κ3) is 3.17. The quantitative estimate of drug-likeness (QED) is 0.862. The van der Waals surface area contributed by atoms with Crippen LogP contribution in [0, 0.1) is 0 Å². The first kappa shape index (κ1) is 15.4. The first-order valence-electron chi connectivity index (χ1n) is 6.87. The van der Waals surface area contributed by atoms with Crippen molar-refractivity contribution in [1.29, 1.82) is 0 Å². The van der Waals surface area contributed by atoms with Gasteiger partial charge in [-0.1, -0.05) is 36.2 Å². The van der Waals surface area contributed by atoms with Crippen LogP contribution in [-0.2, 0) is 6.54 Å². The molecule has 0 aliphatic carbocycles. The average Bonchev–Trinajstić information content (AvgIpc) is 2.90. The zero-order valence-corrected chi connectivity index (χ0v) is 13.2. The molecule has 0 aliphatic rings. The van der Waals surface area contributed by atoms with E-state index in [9.17, 15) is 0 Å². The molecular formula is C15H19Cl2N3. The Labute approximate surface area is 129 Å². The molecule has 1 atom stereocenters. The van der Waals surface area contributed by atoms with Gasteiger partial charge in [-0.2, -0.15) is 0 Å². The molecule has 0 bridgehead atoms. The standard InChI is InChI=1S/C15H19Cl2N3/c1-3-8-18-14(15-19-9-10-20(15)4-2)13-11(16)6-5-7-12(13)17/h5-7,9-10,14,18H,3-4,8H2,1-2H3. The first-order valence-corrected chi connectivity index (χ1v) is 7.62. The Hall–Kier alpha value is -1.03. The molecule has 0 amide bonds. The highest BCUT2D eigenvalue weighted by Gasteiger charge is 2.23. The third-order valence-corrected chi connectivity index (χ3v) is 3.89. The van der Waals surface area contributed by atoms with Gasteiger partial charge in [-0.3, -0.25) is 0 Å². The number of aromatic nitrogens is 2. The number of imidazole rings is 1. The van der Waals surface area contributed by atoms with E-state index in [4.69, 9.17) is 23.2 Å². The Morgan fingerprint density at radius 2 is 1.95 bits per heavy atom. The molecule has 2 aromatic rings. The number of nitrogens with one attached hydrogen (secondary N) is 1. The molecule has 0 saturated heterocycles. The van der Waals surface area contributed by atoms with Gasteiger partial charge >= 0.3 is 0 Å². The van der Waals surface area contributed by atoms with Gasteiger partial charge in [0.2, 0.25) is 0 Å². The van der Waals surface area contributed by atoms with Gasteiger partial charge in [-0.15, -0.1) is 0 Å². The molecule has 20 heavy (non-hydrogen) atoms. The Morgan fingerprint density at radius 1 is 1.25 bits per heavy atom. The van der Waals surface area contributed by atoms with Crippen molar-refractivity contribution < 1.29 is 0 Å². The van der Waals surface area contributed by atoms with Gasteiger partial charge in [-0.25, -0.2) is 4.98 Å². The Bertz CT molecular complexity index is 546. The highest BCUT2D eigenvalue weighted by atomic mass is 35.5. The molecule has 1 unspecified atom stereocenters. The average molecular weight is 312 g/mol. The minimum Gasteiger partial charge on any atom is -0.334 e. The van der Waals surface area contributed by atoms with Crippen LogP contribution in [0.25, 0.3) is 0 Å². The monoisotopic (exact) mass is 311 g/mol. The van der Waals surface area contributed by atoms with Crippen molar-refractivity contribution in [2.24, 2.45) is 0 Å². The summed E-state index contributed by atoms with van der Waals surface area (Å²) >= 11 is 12.7. The number of rotatable bonds is 6. The summed E-state index contributed by atoms with van der Waals surface area (Å²) in [6.07, 6.45) is 4.82. The molecule has 0 aliphatic heterocycles. The van der Waals surface area contributed by atoms with E-state index >= 15 is 0 Å². The second-order valence-corrected chi connectivity index (χ2v) is 5.41. The number of hydrogen-bond donors (Lipinski definition) is 1. The normalized spacial score (nSPS) is 12.6. The van der Waals surface area contributed by atoms with Crippen molar-refractivity contribution in [3.8, 4) is 0 Å². The molecule has 0 radical (unpaired) electrons.